The monoisotopic (exact) mass is 337 g/mol. The van der Waals surface area contributed by atoms with Crippen molar-refractivity contribution in [2.45, 2.75) is 100 Å². The molecule has 0 atom stereocenters. The highest BCUT2D eigenvalue weighted by molar-refractivity contribution is 7.80. The molecule has 0 aromatic carbocycles. The Morgan fingerprint density at radius 3 is 1.09 bits per heavy atom. The molecule has 0 saturated heterocycles. The van der Waals surface area contributed by atoms with Gasteiger partial charge in [-0.2, -0.15) is 12.6 Å². The van der Waals surface area contributed by atoms with E-state index in [1.807, 2.05) is 6.92 Å². The molecule has 4 heteroatoms. The highest BCUT2D eigenvalue weighted by Crippen LogP contribution is 1.92. The van der Waals surface area contributed by atoms with Crippen LogP contribution in [0.25, 0.3) is 0 Å². The third-order valence-corrected chi connectivity index (χ3v) is 2.55. The van der Waals surface area contributed by atoms with E-state index in [0.717, 1.165) is 31.9 Å². The van der Waals surface area contributed by atoms with Gasteiger partial charge in [-0.25, -0.2) is 0 Å². The van der Waals surface area contributed by atoms with Crippen molar-refractivity contribution in [2.24, 2.45) is 5.73 Å². The lowest BCUT2D eigenvalue weighted by atomic mass is 9.52. The molecule has 0 radical (unpaired) electrons. The SMILES string of the molecule is CCCB(C)C.CCCC.CCCN.CCCO.CCCS. The molecule has 0 rings (SSSR count). The molecule has 0 unspecified atom stereocenters. The Bertz CT molecular complexity index is 93.3. The zero-order valence-electron chi connectivity index (χ0n) is 17.1. The number of unbranched alkanes of at least 4 members (excludes halogenated alkanes) is 1. The maximum Gasteiger partial charge on any atom is 0.133 e. The van der Waals surface area contributed by atoms with Gasteiger partial charge in [0.05, 0.1) is 0 Å². The lowest BCUT2D eigenvalue weighted by Gasteiger charge is -1.91. The topological polar surface area (TPSA) is 46.2 Å². The van der Waals surface area contributed by atoms with Crippen LogP contribution in [0.4, 0.5) is 0 Å². The van der Waals surface area contributed by atoms with Crippen molar-refractivity contribution >= 4 is 19.3 Å². The molecular weight excluding hydrogens is 289 g/mol. The molecular formula is C18H48BNOS. The molecule has 0 fully saturated rings. The molecule has 0 saturated carbocycles. The van der Waals surface area contributed by atoms with Crippen LogP contribution in [0.2, 0.25) is 20.0 Å². The van der Waals surface area contributed by atoms with E-state index in [2.05, 4.69) is 60.9 Å². The molecule has 0 aromatic heterocycles. The molecule has 3 N–H and O–H groups in total. The van der Waals surface area contributed by atoms with Crippen molar-refractivity contribution in [2.75, 3.05) is 18.9 Å². The highest BCUT2D eigenvalue weighted by atomic mass is 32.1. The van der Waals surface area contributed by atoms with E-state index >= 15 is 0 Å². The van der Waals surface area contributed by atoms with Gasteiger partial charge in [-0.15, -0.1) is 0 Å². The Hall–Kier alpha value is 0.335. The average molecular weight is 337 g/mol. The molecule has 140 valence electrons. The van der Waals surface area contributed by atoms with Crippen LogP contribution in [0, 0.1) is 0 Å². The third-order valence-electron chi connectivity index (χ3n) is 2.10. The van der Waals surface area contributed by atoms with Gasteiger partial charge in [0.2, 0.25) is 0 Å². The third kappa shape index (κ3) is 141. The van der Waals surface area contributed by atoms with Crippen LogP contribution in [-0.2, 0) is 0 Å². The number of aliphatic hydroxyl groups is 1. The van der Waals surface area contributed by atoms with Gasteiger partial charge in [0.25, 0.3) is 0 Å². The first-order chi connectivity index (χ1) is 10.4. The second kappa shape index (κ2) is 49.6. The van der Waals surface area contributed by atoms with Gasteiger partial charge in [-0.05, 0) is 31.6 Å². The van der Waals surface area contributed by atoms with Crippen LogP contribution in [-0.4, -0.2) is 30.7 Å². The van der Waals surface area contributed by atoms with Crippen LogP contribution in [0.5, 0.6) is 0 Å². The van der Waals surface area contributed by atoms with Crippen molar-refractivity contribution < 1.29 is 5.11 Å². The summed E-state index contributed by atoms with van der Waals surface area (Å²) in [5.74, 6) is 1.01. The van der Waals surface area contributed by atoms with E-state index in [9.17, 15) is 0 Å². The number of rotatable bonds is 6. The zero-order chi connectivity index (χ0) is 18.6. The number of aliphatic hydroxyl groups excluding tert-OH is 1. The molecule has 0 amide bonds. The van der Waals surface area contributed by atoms with Crippen LogP contribution < -0.4 is 5.73 Å². The first kappa shape index (κ1) is 33.8. The second-order valence-electron chi connectivity index (χ2n) is 5.42. The van der Waals surface area contributed by atoms with Crippen LogP contribution in [0.15, 0.2) is 0 Å². The van der Waals surface area contributed by atoms with E-state index in [0.29, 0.717) is 6.61 Å². The summed E-state index contributed by atoms with van der Waals surface area (Å²) < 4.78 is 0. The maximum atomic E-state index is 7.88. The van der Waals surface area contributed by atoms with E-state index in [-0.39, 0.29) is 0 Å². The predicted octanol–water partition coefficient (Wildman–Crippen LogP) is 6.03. The fraction of sp³-hybridized carbons (Fsp3) is 1.00. The lowest BCUT2D eigenvalue weighted by Crippen LogP contribution is -1.95. The van der Waals surface area contributed by atoms with Crippen molar-refractivity contribution in [3.63, 3.8) is 0 Å². The average Bonchev–Trinajstić information content (AvgIpc) is 2.55. The summed E-state index contributed by atoms with van der Waals surface area (Å²) >= 11 is 3.92. The maximum absolute atomic E-state index is 7.88. The number of nitrogens with two attached hydrogens (primary N) is 1. The summed E-state index contributed by atoms with van der Waals surface area (Å²) in [5.41, 5.74) is 5.03. The van der Waals surface area contributed by atoms with Crippen molar-refractivity contribution in [3.8, 4) is 0 Å². The van der Waals surface area contributed by atoms with Crippen LogP contribution in [0.1, 0.15) is 80.1 Å². The summed E-state index contributed by atoms with van der Waals surface area (Å²) in [6, 6.07) is 0. The number of thiol groups is 1. The first-order valence-electron chi connectivity index (χ1n) is 9.35. The molecule has 0 aliphatic rings. The molecule has 0 aliphatic heterocycles. The van der Waals surface area contributed by atoms with E-state index in [1.54, 1.807) is 0 Å². The van der Waals surface area contributed by atoms with Gasteiger partial charge in [0.1, 0.15) is 6.71 Å². The molecule has 0 spiro atoms. The summed E-state index contributed by atoms with van der Waals surface area (Å²) in [6.07, 6.45) is 8.50. The Kier molecular flexibility index (Phi) is 76.3. The van der Waals surface area contributed by atoms with Crippen molar-refractivity contribution in [1.29, 1.82) is 0 Å². The van der Waals surface area contributed by atoms with E-state index < -0.39 is 0 Å². The fourth-order valence-electron chi connectivity index (χ4n) is 0.577. The van der Waals surface area contributed by atoms with Gasteiger partial charge in [-0.1, -0.05) is 80.8 Å². The smallest absolute Gasteiger partial charge is 0.133 e. The zero-order valence-corrected chi connectivity index (χ0v) is 18.0. The van der Waals surface area contributed by atoms with Crippen LogP contribution in [0.3, 0.4) is 0 Å². The van der Waals surface area contributed by atoms with Crippen molar-refractivity contribution in [1.82, 2.24) is 0 Å². The molecule has 0 aliphatic carbocycles. The second-order valence-corrected chi connectivity index (χ2v) is 5.87. The Morgan fingerprint density at radius 2 is 1.09 bits per heavy atom. The first-order valence-corrected chi connectivity index (χ1v) is 9.98. The Morgan fingerprint density at radius 1 is 0.773 bits per heavy atom. The summed E-state index contributed by atoms with van der Waals surface area (Å²) in [7, 11) is 0. The summed E-state index contributed by atoms with van der Waals surface area (Å²) in [6.45, 7) is 19.2. The highest BCUT2D eigenvalue weighted by Gasteiger charge is 1.91. The van der Waals surface area contributed by atoms with E-state index in [1.165, 1.54) is 32.0 Å². The van der Waals surface area contributed by atoms with E-state index in [4.69, 9.17) is 10.8 Å². The molecule has 2 nitrogen and oxygen atoms in total. The minimum atomic E-state index is 0.319. The molecule has 0 bridgehead atoms. The standard InChI is InChI=1S/C5H13B.C4H10.C3H9N.C3H8O.C3H8S/c1-4-5-6(2)3;1-3-4-2;3*1-2-3-4/h4-5H2,1-3H3;3-4H2,1-2H3;2-4H2,1H3;2*4H,2-3H2,1H3. The van der Waals surface area contributed by atoms with Crippen LogP contribution >= 0.6 is 12.6 Å². The Labute approximate surface area is 149 Å². The molecule has 0 heterocycles. The number of hydrogen-bond donors (Lipinski definition) is 3. The Balaban J connectivity index is -0.0000000555. The minimum absolute atomic E-state index is 0.319. The fourth-order valence-corrected chi connectivity index (χ4v) is 0.577. The minimum Gasteiger partial charge on any atom is -0.396 e. The number of hydrogen-bond acceptors (Lipinski definition) is 3. The lowest BCUT2D eigenvalue weighted by molar-refractivity contribution is 0.295. The largest absolute Gasteiger partial charge is 0.396 e. The summed E-state index contributed by atoms with van der Waals surface area (Å²) in [4.78, 5) is 0. The van der Waals surface area contributed by atoms with Gasteiger partial charge in [-0.3, -0.25) is 0 Å². The van der Waals surface area contributed by atoms with Crippen molar-refractivity contribution in [3.05, 3.63) is 0 Å². The van der Waals surface area contributed by atoms with Gasteiger partial charge in [0, 0.05) is 6.61 Å². The molecule has 22 heavy (non-hydrogen) atoms. The van der Waals surface area contributed by atoms with Gasteiger partial charge < -0.3 is 10.8 Å². The summed E-state index contributed by atoms with van der Waals surface area (Å²) in [5, 5.41) is 7.88. The quantitative estimate of drug-likeness (QED) is 0.409. The van der Waals surface area contributed by atoms with Gasteiger partial charge in [0.15, 0.2) is 0 Å². The predicted molar refractivity (Wildman–Crippen MR) is 114 cm³/mol. The van der Waals surface area contributed by atoms with Gasteiger partial charge >= 0.3 is 0 Å². The normalized spacial score (nSPS) is 7.77. The molecule has 0 aromatic rings.